The Bertz CT molecular complexity index is 479. The Morgan fingerprint density at radius 2 is 2.12 bits per heavy atom. The van der Waals surface area contributed by atoms with Crippen LogP contribution in [0.25, 0.3) is 0 Å². The molecule has 1 aromatic rings. The van der Waals surface area contributed by atoms with E-state index in [1.165, 1.54) is 18.7 Å². The Labute approximate surface area is 97.6 Å². The maximum Gasteiger partial charge on any atom is 0.243 e. The van der Waals surface area contributed by atoms with Gasteiger partial charge in [-0.05, 0) is 6.26 Å². The number of amides is 1. The fraction of sp³-hybridized carbons (Fsp3) is 0.400. The molecule has 0 saturated carbocycles. The molecular formula is C10H13N3O2S. The van der Waals surface area contributed by atoms with Gasteiger partial charge in [0.1, 0.15) is 10.7 Å². The van der Waals surface area contributed by atoms with Gasteiger partial charge in [0.25, 0.3) is 0 Å². The molecule has 1 aromatic heterocycles. The van der Waals surface area contributed by atoms with Gasteiger partial charge < -0.3 is 15.2 Å². The van der Waals surface area contributed by atoms with Crippen molar-refractivity contribution in [3.05, 3.63) is 5.69 Å². The first-order valence-corrected chi connectivity index (χ1v) is 6.10. The fourth-order valence-electron chi connectivity index (χ4n) is 1.95. The van der Waals surface area contributed by atoms with Crippen molar-refractivity contribution in [2.45, 2.75) is 11.9 Å². The fourth-order valence-corrected chi connectivity index (χ4v) is 2.68. The maximum absolute atomic E-state index is 11.6. The third kappa shape index (κ3) is 1.49. The first-order valence-electron chi connectivity index (χ1n) is 4.87. The van der Waals surface area contributed by atoms with Crippen LogP contribution in [0.4, 0.5) is 11.4 Å². The highest BCUT2D eigenvalue weighted by Crippen LogP contribution is 2.39. The lowest BCUT2D eigenvalue weighted by molar-refractivity contribution is -0.114. The highest BCUT2D eigenvalue weighted by atomic mass is 32.2. The molecule has 0 saturated heterocycles. The van der Waals surface area contributed by atoms with Crippen molar-refractivity contribution in [2.24, 2.45) is 7.05 Å². The normalized spacial score (nSPS) is 14.1. The minimum Gasteiger partial charge on any atom is -0.373 e. The number of carbonyl (C=O) groups is 2. The molecule has 0 bridgehead atoms. The SMILES string of the molecule is CSc1c2c(c(C(C)=O)n1C)NCC(=O)N2. The van der Waals surface area contributed by atoms with Gasteiger partial charge in [0.2, 0.25) is 5.91 Å². The number of Topliss-reactive ketones (excluding diaryl/α,β-unsaturated/α-hetero) is 1. The van der Waals surface area contributed by atoms with Gasteiger partial charge in [-0.3, -0.25) is 9.59 Å². The third-order valence-electron chi connectivity index (χ3n) is 2.56. The number of nitrogens with zero attached hydrogens (tertiary/aromatic N) is 1. The summed E-state index contributed by atoms with van der Waals surface area (Å²) in [6.45, 7) is 1.74. The number of hydrogen-bond donors (Lipinski definition) is 2. The zero-order valence-corrected chi connectivity index (χ0v) is 10.2. The Hall–Kier alpha value is -1.43. The van der Waals surface area contributed by atoms with Crippen LogP contribution >= 0.6 is 11.8 Å². The number of thioether (sulfide) groups is 1. The van der Waals surface area contributed by atoms with Crippen LogP contribution in [0.15, 0.2) is 5.03 Å². The zero-order valence-electron chi connectivity index (χ0n) is 9.38. The number of anilines is 2. The average Bonchev–Trinajstić information content (AvgIpc) is 2.49. The van der Waals surface area contributed by atoms with Crippen LogP contribution in [-0.4, -0.2) is 29.1 Å². The van der Waals surface area contributed by atoms with Gasteiger partial charge >= 0.3 is 0 Å². The van der Waals surface area contributed by atoms with Gasteiger partial charge in [0, 0.05) is 14.0 Å². The van der Waals surface area contributed by atoms with Crippen LogP contribution < -0.4 is 10.6 Å². The molecule has 0 unspecified atom stereocenters. The Morgan fingerprint density at radius 1 is 1.44 bits per heavy atom. The lowest BCUT2D eigenvalue weighted by Crippen LogP contribution is -2.27. The number of aromatic nitrogens is 1. The number of fused-ring (bicyclic) bond motifs is 1. The number of carbonyl (C=O) groups excluding carboxylic acids is 2. The van der Waals surface area contributed by atoms with E-state index in [1.807, 2.05) is 17.9 Å². The summed E-state index contributed by atoms with van der Waals surface area (Å²) in [5.74, 6) is -0.0915. The van der Waals surface area contributed by atoms with E-state index in [9.17, 15) is 9.59 Å². The second-order valence-electron chi connectivity index (χ2n) is 3.62. The van der Waals surface area contributed by atoms with Crippen molar-refractivity contribution in [3.8, 4) is 0 Å². The first kappa shape index (κ1) is 11.1. The van der Waals surface area contributed by atoms with Crippen LogP contribution in [0.5, 0.6) is 0 Å². The van der Waals surface area contributed by atoms with Crippen LogP contribution in [0.2, 0.25) is 0 Å². The zero-order chi connectivity index (χ0) is 11.9. The average molecular weight is 239 g/mol. The summed E-state index contributed by atoms with van der Waals surface area (Å²) in [7, 11) is 1.83. The molecule has 6 heteroatoms. The monoisotopic (exact) mass is 239 g/mol. The highest BCUT2D eigenvalue weighted by molar-refractivity contribution is 7.98. The molecule has 2 N–H and O–H groups in total. The van der Waals surface area contributed by atoms with Crippen LogP contribution in [0.3, 0.4) is 0 Å². The van der Waals surface area contributed by atoms with Crippen LogP contribution in [0, 0.1) is 0 Å². The quantitative estimate of drug-likeness (QED) is 0.603. The second kappa shape index (κ2) is 3.86. The van der Waals surface area contributed by atoms with Crippen LogP contribution in [-0.2, 0) is 11.8 Å². The molecule has 2 heterocycles. The summed E-state index contributed by atoms with van der Waals surface area (Å²) in [4.78, 5) is 22.9. The van der Waals surface area contributed by atoms with Gasteiger partial charge in [0.05, 0.1) is 17.9 Å². The van der Waals surface area contributed by atoms with E-state index in [0.717, 1.165) is 16.4 Å². The lowest BCUT2D eigenvalue weighted by Gasteiger charge is -2.16. The highest BCUT2D eigenvalue weighted by Gasteiger charge is 2.27. The summed E-state index contributed by atoms with van der Waals surface area (Å²) in [6, 6.07) is 0. The molecule has 0 atom stereocenters. The van der Waals surface area contributed by atoms with Crippen molar-refractivity contribution < 1.29 is 9.59 Å². The maximum atomic E-state index is 11.6. The van der Waals surface area contributed by atoms with Gasteiger partial charge in [0.15, 0.2) is 5.78 Å². The molecule has 1 aliphatic rings. The second-order valence-corrected chi connectivity index (χ2v) is 4.42. The molecule has 0 aliphatic carbocycles. The summed E-state index contributed by atoms with van der Waals surface area (Å²) in [5, 5.41) is 6.68. The van der Waals surface area contributed by atoms with E-state index in [-0.39, 0.29) is 18.2 Å². The van der Waals surface area contributed by atoms with E-state index in [0.29, 0.717) is 5.69 Å². The van der Waals surface area contributed by atoms with Crippen LogP contribution in [0.1, 0.15) is 17.4 Å². The van der Waals surface area contributed by atoms with E-state index in [1.54, 1.807) is 0 Å². The van der Waals surface area contributed by atoms with Crippen molar-refractivity contribution >= 4 is 34.8 Å². The molecule has 0 aromatic carbocycles. The van der Waals surface area contributed by atoms with E-state index in [2.05, 4.69) is 10.6 Å². The standard InChI is InChI=1S/C10H13N3O2S/c1-5(14)9-7-8(10(16-3)13(9)2)12-6(15)4-11-7/h11H,4H2,1-3H3,(H,12,15). The third-order valence-corrected chi connectivity index (χ3v) is 3.42. The molecule has 86 valence electrons. The molecule has 1 aliphatic heterocycles. The molecular weight excluding hydrogens is 226 g/mol. The summed E-state index contributed by atoms with van der Waals surface area (Å²) in [5.41, 5.74) is 2.06. The largest absolute Gasteiger partial charge is 0.373 e. The van der Waals surface area contributed by atoms with Crippen molar-refractivity contribution in [3.63, 3.8) is 0 Å². The molecule has 2 rings (SSSR count). The predicted molar refractivity (Wildman–Crippen MR) is 64.3 cm³/mol. The van der Waals surface area contributed by atoms with Gasteiger partial charge in [-0.2, -0.15) is 0 Å². The summed E-state index contributed by atoms with van der Waals surface area (Å²) < 4.78 is 1.82. The van der Waals surface area contributed by atoms with E-state index < -0.39 is 0 Å². The minimum atomic E-state index is -0.0801. The van der Waals surface area contributed by atoms with E-state index >= 15 is 0 Å². The lowest BCUT2D eigenvalue weighted by atomic mass is 10.2. The minimum absolute atomic E-state index is 0.0114. The van der Waals surface area contributed by atoms with Crippen molar-refractivity contribution in [1.29, 1.82) is 0 Å². The van der Waals surface area contributed by atoms with Gasteiger partial charge in [-0.25, -0.2) is 0 Å². The molecule has 16 heavy (non-hydrogen) atoms. The summed E-state index contributed by atoms with van der Waals surface area (Å²) in [6.07, 6.45) is 1.92. The Balaban J connectivity index is 2.65. The number of ketones is 1. The van der Waals surface area contributed by atoms with E-state index in [4.69, 9.17) is 0 Å². The number of nitrogens with one attached hydrogen (secondary N) is 2. The molecule has 0 radical (unpaired) electrons. The number of rotatable bonds is 2. The Kier molecular flexibility index (Phi) is 2.67. The number of hydrogen-bond acceptors (Lipinski definition) is 4. The Morgan fingerprint density at radius 3 is 2.69 bits per heavy atom. The molecule has 5 nitrogen and oxygen atoms in total. The van der Waals surface area contributed by atoms with Crippen molar-refractivity contribution in [1.82, 2.24) is 4.57 Å². The summed E-state index contributed by atoms with van der Waals surface area (Å²) >= 11 is 1.51. The smallest absolute Gasteiger partial charge is 0.243 e. The van der Waals surface area contributed by atoms with Gasteiger partial charge in [-0.1, -0.05) is 0 Å². The molecule has 0 spiro atoms. The molecule has 0 fully saturated rings. The molecule has 1 amide bonds. The van der Waals surface area contributed by atoms with Crippen molar-refractivity contribution in [2.75, 3.05) is 23.4 Å². The first-order chi connectivity index (χ1) is 7.56. The van der Waals surface area contributed by atoms with Gasteiger partial charge in [-0.15, -0.1) is 11.8 Å². The topological polar surface area (TPSA) is 63.1 Å². The predicted octanol–water partition coefficient (Wildman–Crippen LogP) is 1.31.